The van der Waals surface area contributed by atoms with Crippen LogP contribution < -0.4 is 4.90 Å². The molecule has 2 aromatic rings. The van der Waals surface area contributed by atoms with Crippen LogP contribution in [0.15, 0.2) is 35.7 Å². The second-order valence-corrected chi connectivity index (χ2v) is 7.13. The molecule has 1 aliphatic heterocycles. The minimum Gasteiger partial charge on any atom is -0.361 e. The van der Waals surface area contributed by atoms with Crippen LogP contribution in [-0.4, -0.2) is 6.04 Å². The Morgan fingerprint density at radius 2 is 2.05 bits per heavy atom. The van der Waals surface area contributed by atoms with Gasteiger partial charge in [0.1, 0.15) is 0 Å². The second-order valence-electron chi connectivity index (χ2n) is 6.21. The Kier molecular flexibility index (Phi) is 2.21. The van der Waals surface area contributed by atoms with E-state index >= 15 is 0 Å². The van der Waals surface area contributed by atoms with Crippen molar-refractivity contribution in [2.45, 2.75) is 44.7 Å². The SMILES string of the molecule is Cc1ccccc1N1C2CC(C)(c3sccc32)C1C. The molecule has 1 aromatic heterocycles. The quantitative estimate of drug-likeness (QED) is 0.727. The van der Waals surface area contributed by atoms with Crippen molar-refractivity contribution in [2.24, 2.45) is 0 Å². The van der Waals surface area contributed by atoms with Gasteiger partial charge >= 0.3 is 0 Å². The monoisotopic (exact) mass is 269 g/mol. The fraction of sp³-hybridized carbons (Fsp3) is 0.412. The molecule has 2 bridgehead atoms. The summed E-state index contributed by atoms with van der Waals surface area (Å²) in [6.07, 6.45) is 1.28. The molecule has 0 amide bonds. The lowest BCUT2D eigenvalue weighted by atomic mass is 9.83. The summed E-state index contributed by atoms with van der Waals surface area (Å²) in [4.78, 5) is 4.29. The van der Waals surface area contributed by atoms with Crippen molar-refractivity contribution in [2.75, 3.05) is 4.90 Å². The lowest BCUT2D eigenvalue weighted by Gasteiger charge is -2.39. The Labute approximate surface area is 118 Å². The van der Waals surface area contributed by atoms with Gasteiger partial charge < -0.3 is 4.90 Å². The van der Waals surface area contributed by atoms with Crippen molar-refractivity contribution in [3.05, 3.63) is 51.7 Å². The highest BCUT2D eigenvalue weighted by Crippen LogP contribution is 2.60. The molecule has 1 nitrogen and oxygen atoms in total. The van der Waals surface area contributed by atoms with Gasteiger partial charge in [0, 0.05) is 22.0 Å². The number of benzene rings is 1. The van der Waals surface area contributed by atoms with E-state index in [2.05, 4.69) is 61.4 Å². The van der Waals surface area contributed by atoms with Crippen molar-refractivity contribution < 1.29 is 0 Å². The first-order valence-electron chi connectivity index (χ1n) is 7.05. The fourth-order valence-electron chi connectivity index (χ4n) is 4.07. The Morgan fingerprint density at radius 3 is 2.84 bits per heavy atom. The van der Waals surface area contributed by atoms with Crippen LogP contribution >= 0.6 is 11.3 Å². The maximum atomic E-state index is 2.66. The minimum atomic E-state index is 0.344. The standard InChI is InChI=1S/C17H19NS/c1-11-6-4-5-7-14(11)18-12(2)17(3)10-15(18)13-8-9-19-16(13)17/h4-9,12,15H,10H2,1-3H3. The second kappa shape index (κ2) is 3.63. The van der Waals surface area contributed by atoms with Crippen molar-refractivity contribution in [3.63, 3.8) is 0 Å². The van der Waals surface area contributed by atoms with Gasteiger partial charge in [-0.1, -0.05) is 25.1 Å². The third-order valence-electron chi connectivity index (χ3n) is 5.26. The van der Waals surface area contributed by atoms with Gasteiger partial charge in [-0.3, -0.25) is 0 Å². The van der Waals surface area contributed by atoms with Crippen LogP contribution in [0.1, 0.15) is 42.3 Å². The van der Waals surface area contributed by atoms with E-state index in [1.165, 1.54) is 17.7 Å². The van der Waals surface area contributed by atoms with Crippen molar-refractivity contribution in [1.29, 1.82) is 0 Å². The summed E-state index contributed by atoms with van der Waals surface area (Å²) < 4.78 is 0. The summed E-state index contributed by atoms with van der Waals surface area (Å²) in [5, 5.41) is 2.27. The van der Waals surface area contributed by atoms with E-state index in [4.69, 9.17) is 0 Å². The Balaban J connectivity index is 1.88. The summed E-state index contributed by atoms with van der Waals surface area (Å²) in [5.74, 6) is 0. The molecule has 2 heterocycles. The van der Waals surface area contributed by atoms with Crippen LogP contribution in [0, 0.1) is 6.92 Å². The number of fused-ring (bicyclic) bond motifs is 5. The number of hydrogen-bond acceptors (Lipinski definition) is 2. The molecule has 0 spiro atoms. The molecule has 4 rings (SSSR count). The van der Waals surface area contributed by atoms with Crippen LogP contribution in [-0.2, 0) is 5.41 Å². The first-order valence-corrected chi connectivity index (χ1v) is 7.93. The number of thiophene rings is 1. The molecule has 98 valence electrons. The first kappa shape index (κ1) is 11.5. The van der Waals surface area contributed by atoms with Gasteiger partial charge in [-0.25, -0.2) is 0 Å². The molecular weight excluding hydrogens is 250 g/mol. The highest BCUT2D eigenvalue weighted by atomic mass is 32.1. The van der Waals surface area contributed by atoms with Crippen LogP contribution in [0.4, 0.5) is 5.69 Å². The van der Waals surface area contributed by atoms with Crippen molar-refractivity contribution in [3.8, 4) is 0 Å². The molecular formula is C17H19NS. The summed E-state index contributed by atoms with van der Waals surface area (Å²) >= 11 is 1.95. The average Bonchev–Trinajstić information content (AvgIpc) is 3.02. The lowest BCUT2D eigenvalue weighted by molar-refractivity contribution is 0.458. The minimum absolute atomic E-state index is 0.344. The Bertz CT molecular complexity index is 644. The predicted molar refractivity (Wildman–Crippen MR) is 82.1 cm³/mol. The van der Waals surface area contributed by atoms with E-state index in [-0.39, 0.29) is 0 Å². The number of anilines is 1. The summed E-state index contributed by atoms with van der Waals surface area (Å²) in [6.45, 7) is 7.07. The topological polar surface area (TPSA) is 3.24 Å². The van der Waals surface area contributed by atoms with E-state index in [9.17, 15) is 0 Å². The van der Waals surface area contributed by atoms with Crippen molar-refractivity contribution in [1.82, 2.24) is 0 Å². The maximum Gasteiger partial charge on any atom is 0.0566 e. The van der Waals surface area contributed by atoms with Crippen LogP contribution in [0.3, 0.4) is 0 Å². The average molecular weight is 269 g/mol. The summed E-state index contributed by atoms with van der Waals surface area (Å²) in [7, 11) is 0. The zero-order chi connectivity index (χ0) is 13.2. The van der Waals surface area contributed by atoms with Crippen molar-refractivity contribution >= 4 is 17.0 Å². The molecule has 19 heavy (non-hydrogen) atoms. The van der Waals surface area contributed by atoms with Gasteiger partial charge in [0.15, 0.2) is 0 Å². The smallest absolute Gasteiger partial charge is 0.0566 e. The largest absolute Gasteiger partial charge is 0.361 e. The normalized spacial score (nSPS) is 31.8. The van der Waals surface area contributed by atoms with E-state index in [0.717, 1.165) is 0 Å². The van der Waals surface area contributed by atoms with E-state index < -0.39 is 0 Å². The van der Waals surface area contributed by atoms with Gasteiger partial charge in [-0.2, -0.15) is 0 Å². The van der Waals surface area contributed by atoms with Crippen LogP contribution in [0.5, 0.6) is 0 Å². The Morgan fingerprint density at radius 1 is 1.26 bits per heavy atom. The molecule has 1 aliphatic carbocycles. The van der Waals surface area contributed by atoms with E-state index in [0.29, 0.717) is 17.5 Å². The molecule has 1 saturated heterocycles. The summed E-state index contributed by atoms with van der Waals surface area (Å²) in [5.41, 5.74) is 4.73. The highest BCUT2D eigenvalue weighted by Gasteiger charge is 2.56. The molecule has 3 atom stereocenters. The number of hydrogen-bond donors (Lipinski definition) is 0. The molecule has 3 unspecified atom stereocenters. The maximum absolute atomic E-state index is 2.66. The number of rotatable bonds is 1. The van der Waals surface area contributed by atoms with Gasteiger partial charge in [-0.15, -0.1) is 11.3 Å². The van der Waals surface area contributed by atoms with Gasteiger partial charge in [0.05, 0.1) is 6.04 Å². The highest BCUT2D eigenvalue weighted by molar-refractivity contribution is 7.10. The number of aryl methyl sites for hydroxylation is 1. The van der Waals surface area contributed by atoms with Gasteiger partial charge in [0.25, 0.3) is 0 Å². The van der Waals surface area contributed by atoms with Gasteiger partial charge in [0.2, 0.25) is 0 Å². The lowest BCUT2D eigenvalue weighted by Crippen LogP contribution is -2.42. The van der Waals surface area contributed by atoms with Gasteiger partial charge in [-0.05, 0) is 48.9 Å². The Hall–Kier alpha value is -1.28. The number of nitrogens with zero attached hydrogens (tertiary/aromatic N) is 1. The zero-order valence-corrected chi connectivity index (χ0v) is 12.5. The third-order valence-corrected chi connectivity index (χ3v) is 6.47. The molecule has 2 heteroatoms. The fourth-order valence-corrected chi connectivity index (χ4v) is 5.28. The van der Waals surface area contributed by atoms with E-state index in [1.54, 1.807) is 10.4 Å². The van der Waals surface area contributed by atoms with Crippen LogP contribution in [0.25, 0.3) is 0 Å². The molecule has 0 radical (unpaired) electrons. The zero-order valence-electron chi connectivity index (χ0n) is 11.7. The van der Waals surface area contributed by atoms with Crippen LogP contribution in [0.2, 0.25) is 0 Å². The molecule has 2 aliphatic rings. The van der Waals surface area contributed by atoms with E-state index in [1.807, 2.05) is 11.3 Å². The predicted octanol–water partition coefficient (Wildman–Crippen LogP) is 4.67. The summed E-state index contributed by atoms with van der Waals surface area (Å²) in [6, 6.07) is 12.3. The number of para-hydroxylation sites is 1. The molecule has 0 N–H and O–H groups in total. The molecule has 0 saturated carbocycles. The molecule has 1 aromatic carbocycles. The first-order chi connectivity index (χ1) is 9.13. The molecule has 1 fully saturated rings. The third kappa shape index (κ3) is 1.30.